The highest BCUT2D eigenvalue weighted by Crippen LogP contribution is 2.32. The summed E-state index contributed by atoms with van der Waals surface area (Å²) >= 11 is 0. The molecule has 0 spiro atoms. The number of aliphatic hydroxyl groups is 1. The lowest BCUT2D eigenvalue weighted by Gasteiger charge is -2.26. The number of hydrogen-bond acceptors (Lipinski definition) is 5. The zero-order valence-corrected chi connectivity index (χ0v) is 21.8. The maximum absolute atomic E-state index is 13.8. The van der Waals surface area contributed by atoms with Crippen molar-refractivity contribution in [3.63, 3.8) is 0 Å². The molecule has 2 aliphatic heterocycles. The first-order valence-corrected chi connectivity index (χ1v) is 12.2. The fourth-order valence-electron chi connectivity index (χ4n) is 3.97. The minimum absolute atomic E-state index is 0.0418. The lowest BCUT2D eigenvalue weighted by Crippen LogP contribution is -2.43. The Kier molecular flexibility index (Phi) is 16.0. The monoisotopic (exact) mass is 505 g/mol. The summed E-state index contributed by atoms with van der Waals surface area (Å²) in [5.41, 5.74) is 5.89. The van der Waals surface area contributed by atoms with Gasteiger partial charge in [0.15, 0.2) is 11.6 Å². The Hall–Kier alpha value is -2.33. The van der Waals surface area contributed by atoms with Gasteiger partial charge >= 0.3 is 6.09 Å². The second-order valence-corrected chi connectivity index (χ2v) is 8.13. The van der Waals surface area contributed by atoms with Gasteiger partial charge in [-0.05, 0) is 31.4 Å². The summed E-state index contributed by atoms with van der Waals surface area (Å²) in [6.07, 6.45) is 1.50. The normalized spacial score (nSPS) is 18.7. The number of carbonyl (C=O) groups is 2. The van der Waals surface area contributed by atoms with Crippen molar-refractivity contribution in [1.82, 2.24) is 9.80 Å². The van der Waals surface area contributed by atoms with Gasteiger partial charge in [-0.3, -0.25) is 4.79 Å². The third kappa shape index (κ3) is 10.0. The fraction of sp³-hybridized carbons (Fsp3) is 0.680. The van der Waals surface area contributed by atoms with Crippen molar-refractivity contribution in [3.05, 3.63) is 35.1 Å². The van der Waals surface area contributed by atoms with Crippen LogP contribution in [0, 0.1) is 23.4 Å². The Morgan fingerprint density at radius 3 is 2.20 bits per heavy atom. The van der Waals surface area contributed by atoms with E-state index in [0.717, 1.165) is 12.5 Å². The van der Waals surface area contributed by atoms with Crippen molar-refractivity contribution < 1.29 is 32.6 Å². The highest BCUT2D eigenvalue weighted by atomic mass is 19.2. The van der Waals surface area contributed by atoms with Crippen molar-refractivity contribution in [2.75, 3.05) is 33.4 Å². The first kappa shape index (κ1) is 32.7. The van der Waals surface area contributed by atoms with E-state index in [1.54, 1.807) is 16.7 Å². The third-order valence-electron chi connectivity index (χ3n) is 5.31. The summed E-state index contributed by atoms with van der Waals surface area (Å²) in [5.74, 6) is -3.29. The van der Waals surface area contributed by atoms with Crippen LogP contribution in [-0.4, -0.2) is 72.3 Å². The minimum Gasteiger partial charge on any atom is -0.453 e. The van der Waals surface area contributed by atoms with Crippen molar-refractivity contribution in [2.45, 2.75) is 72.4 Å². The molecule has 3 N–H and O–H groups in total. The van der Waals surface area contributed by atoms with Gasteiger partial charge in [-0.2, -0.15) is 0 Å². The molecule has 1 aromatic carbocycles. The highest BCUT2D eigenvalue weighted by Gasteiger charge is 2.45. The predicted octanol–water partition coefficient (Wildman–Crippen LogP) is 4.10. The molecule has 2 heterocycles. The molecule has 2 saturated heterocycles. The van der Waals surface area contributed by atoms with E-state index in [0.29, 0.717) is 25.7 Å². The van der Waals surface area contributed by atoms with Crippen LogP contribution in [0.3, 0.4) is 0 Å². The van der Waals surface area contributed by atoms with E-state index in [4.69, 9.17) is 15.6 Å². The number of halogens is 3. The molecule has 10 heteroatoms. The van der Waals surface area contributed by atoms with Crippen LogP contribution in [-0.2, 0) is 16.0 Å². The average molecular weight is 506 g/mol. The second kappa shape index (κ2) is 17.2. The van der Waals surface area contributed by atoms with Gasteiger partial charge in [0, 0.05) is 50.7 Å². The summed E-state index contributed by atoms with van der Waals surface area (Å²) in [4.78, 5) is 27.6. The summed E-state index contributed by atoms with van der Waals surface area (Å²) in [7, 11) is 1.32. The number of benzene rings is 1. The highest BCUT2D eigenvalue weighted by molar-refractivity contribution is 5.78. The van der Waals surface area contributed by atoms with E-state index in [1.165, 1.54) is 13.5 Å². The number of carbonyl (C=O) groups excluding carboxylic acids is 2. The number of amides is 2. The first-order valence-electron chi connectivity index (χ1n) is 12.2. The molecule has 0 saturated carbocycles. The molecule has 0 bridgehead atoms. The van der Waals surface area contributed by atoms with Gasteiger partial charge in [0.2, 0.25) is 5.91 Å². The number of nitrogens with zero attached hydrogens (tertiary/aromatic N) is 2. The van der Waals surface area contributed by atoms with Gasteiger partial charge in [0.1, 0.15) is 5.82 Å². The molecule has 2 aliphatic rings. The van der Waals surface area contributed by atoms with E-state index < -0.39 is 29.6 Å². The van der Waals surface area contributed by atoms with Crippen molar-refractivity contribution in [2.24, 2.45) is 11.7 Å². The smallest absolute Gasteiger partial charge is 0.409 e. The maximum Gasteiger partial charge on any atom is 0.409 e. The predicted molar refractivity (Wildman–Crippen MR) is 130 cm³/mol. The number of rotatable bonds is 4. The Labute approximate surface area is 207 Å². The molecule has 2 amide bonds. The van der Waals surface area contributed by atoms with Crippen LogP contribution in [0.4, 0.5) is 18.0 Å². The van der Waals surface area contributed by atoms with Crippen LogP contribution in [0.2, 0.25) is 0 Å². The van der Waals surface area contributed by atoms with Crippen LogP contribution < -0.4 is 5.73 Å². The lowest BCUT2D eigenvalue weighted by molar-refractivity contribution is -0.132. The van der Waals surface area contributed by atoms with Gasteiger partial charge in [-0.15, -0.1) is 0 Å². The lowest BCUT2D eigenvalue weighted by atomic mass is 10.0. The molecule has 0 aliphatic carbocycles. The van der Waals surface area contributed by atoms with Crippen molar-refractivity contribution in [3.8, 4) is 0 Å². The molecule has 35 heavy (non-hydrogen) atoms. The topological polar surface area (TPSA) is 96.1 Å². The SMILES string of the molecule is CC.CCC.CCO.COC(=O)N1CC2CCN(C(=O)CC(N)Cc3cc(F)c(F)cc3F)C2C1. The number of likely N-dealkylation sites (tertiary alicyclic amines) is 2. The largest absolute Gasteiger partial charge is 0.453 e. The summed E-state index contributed by atoms with van der Waals surface area (Å²) in [5, 5.41) is 7.57. The standard InChI is InChI=1S/C18H22F3N3O3.C3H8.C2H6O.C2H6/c1-27-18(26)23-8-10-2-3-24(16(10)9-23)17(25)6-12(22)4-11-5-14(20)15(21)7-13(11)19;1-3-2;1-2-3;1-2/h5,7,10,12,16H,2-4,6,8-9,22H2,1H3;3H2,1-2H3;3H,2H2,1H3;1-2H3. The van der Waals surface area contributed by atoms with E-state index in [-0.39, 0.29) is 42.9 Å². The summed E-state index contributed by atoms with van der Waals surface area (Å²) in [6.45, 7) is 11.7. The molecule has 3 rings (SSSR count). The van der Waals surface area contributed by atoms with E-state index in [1.807, 2.05) is 13.8 Å². The zero-order valence-electron chi connectivity index (χ0n) is 21.8. The Morgan fingerprint density at radius 1 is 1.11 bits per heavy atom. The number of nitrogens with two attached hydrogens (primary N) is 1. The van der Waals surface area contributed by atoms with Crippen molar-refractivity contribution >= 4 is 12.0 Å². The van der Waals surface area contributed by atoms with E-state index >= 15 is 0 Å². The van der Waals surface area contributed by atoms with Crippen LogP contribution >= 0.6 is 0 Å². The maximum atomic E-state index is 13.8. The van der Waals surface area contributed by atoms with Crippen LogP contribution in [0.1, 0.15) is 59.4 Å². The van der Waals surface area contributed by atoms with Crippen molar-refractivity contribution in [1.29, 1.82) is 0 Å². The zero-order chi connectivity index (χ0) is 27.1. The molecule has 0 aromatic heterocycles. The molecule has 3 atom stereocenters. The molecule has 2 fully saturated rings. The van der Waals surface area contributed by atoms with E-state index in [2.05, 4.69) is 13.8 Å². The van der Waals surface area contributed by atoms with E-state index in [9.17, 15) is 22.8 Å². The number of fused-ring (bicyclic) bond motifs is 1. The number of hydrogen-bond donors (Lipinski definition) is 2. The fourth-order valence-corrected chi connectivity index (χ4v) is 3.97. The van der Waals surface area contributed by atoms with Crippen LogP contribution in [0.15, 0.2) is 12.1 Å². The van der Waals surface area contributed by atoms with Crippen LogP contribution in [0.5, 0.6) is 0 Å². The molecular weight excluding hydrogens is 463 g/mol. The van der Waals surface area contributed by atoms with Gasteiger partial charge in [-0.1, -0.05) is 34.1 Å². The molecular formula is C25H42F3N3O4. The quantitative estimate of drug-likeness (QED) is 0.601. The molecule has 7 nitrogen and oxygen atoms in total. The Balaban J connectivity index is 0.00000129. The van der Waals surface area contributed by atoms with Gasteiger partial charge in [-0.25, -0.2) is 18.0 Å². The van der Waals surface area contributed by atoms with Crippen LogP contribution in [0.25, 0.3) is 0 Å². The Bertz CT molecular complexity index is 781. The molecule has 0 radical (unpaired) electrons. The second-order valence-electron chi connectivity index (χ2n) is 8.13. The number of ether oxygens (including phenoxy) is 1. The average Bonchev–Trinajstić information content (AvgIpc) is 3.40. The third-order valence-corrected chi connectivity index (χ3v) is 5.31. The number of methoxy groups -OCH3 is 1. The van der Waals surface area contributed by atoms with Gasteiger partial charge in [0.25, 0.3) is 0 Å². The Morgan fingerprint density at radius 2 is 1.66 bits per heavy atom. The van der Waals surface area contributed by atoms with Gasteiger partial charge < -0.3 is 25.4 Å². The number of aliphatic hydroxyl groups excluding tert-OH is 1. The van der Waals surface area contributed by atoms with Gasteiger partial charge in [0.05, 0.1) is 13.2 Å². The molecule has 202 valence electrons. The minimum atomic E-state index is -1.26. The molecule has 3 unspecified atom stereocenters. The first-order chi connectivity index (χ1) is 16.6. The summed E-state index contributed by atoms with van der Waals surface area (Å²) in [6, 6.07) is 0.439. The molecule has 1 aromatic rings. The summed E-state index contributed by atoms with van der Waals surface area (Å²) < 4.78 is 44.8.